The summed E-state index contributed by atoms with van der Waals surface area (Å²) >= 11 is 0. The van der Waals surface area contributed by atoms with Crippen LogP contribution in [0.3, 0.4) is 0 Å². The van der Waals surface area contributed by atoms with Gasteiger partial charge in [-0.2, -0.15) is 0 Å². The summed E-state index contributed by atoms with van der Waals surface area (Å²) in [5.41, 5.74) is 4.01. The zero-order valence-corrected chi connectivity index (χ0v) is 19.9. The fourth-order valence-corrected chi connectivity index (χ4v) is 6.01. The molecular formula is C27H43N3O. The fourth-order valence-electron chi connectivity index (χ4n) is 6.01. The van der Waals surface area contributed by atoms with Crippen molar-refractivity contribution >= 4 is 11.6 Å². The van der Waals surface area contributed by atoms with E-state index in [1.165, 1.54) is 48.9 Å². The Labute approximate surface area is 189 Å². The number of nitrogens with zero attached hydrogens (tertiary/aromatic N) is 2. The number of carbonyl (C=O) groups is 1. The highest BCUT2D eigenvalue weighted by molar-refractivity contribution is 5.96. The Kier molecular flexibility index (Phi) is 8.06. The molecule has 2 fully saturated rings. The molecule has 0 radical (unpaired) electrons. The van der Waals surface area contributed by atoms with Crippen molar-refractivity contribution in [1.82, 2.24) is 10.2 Å². The highest BCUT2D eigenvalue weighted by atomic mass is 16.2. The van der Waals surface area contributed by atoms with Gasteiger partial charge >= 0.3 is 0 Å². The van der Waals surface area contributed by atoms with Crippen molar-refractivity contribution in [3.63, 3.8) is 0 Å². The SMILES string of the molecule is CCCCC1CCC(C(=O)N2CCCc3cc(CC(C)N4CCNCC4)ccc32)CC1. The first-order valence-corrected chi connectivity index (χ1v) is 13.0. The number of amides is 1. The number of rotatable bonds is 7. The first-order chi connectivity index (χ1) is 15.2. The molecule has 1 aromatic rings. The average molecular weight is 426 g/mol. The minimum Gasteiger partial charge on any atom is -0.314 e. The average Bonchev–Trinajstić information content (AvgIpc) is 2.82. The molecule has 4 rings (SSSR count). The molecule has 1 aliphatic carbocycles. The second-order valence-electron chi connectivity index (χ2n) is 10.3. The predicted molar refractivity (Wildman–Crippen MR) is 130 cm³/mol. The van der Waals surface area contributed by atoms with E-state index < -0.39 is 0 Å². The molecule has 1 saturated carbocycles. The Balaban J connectivity index is 1.37. The molecule has 3 aliphatic rings. The number of carbonyl (C=O) groups excluding carboxylic acids is 1. The number of hydrogen-bond acceptors (Lipinski definition) is 3. The molecule has 1 amide bonds. The van der Waals surface area contributed by atoms with E-state index in [0.717, 1.165) is 70.7 Å². The zero-order valence-electron chi connectivity index (χ0n) is 19.9. The van der Waals surface area contributed by atoms with Crippen molar-refractivity contribution in [3.8, 4) is 0 Å². The van der Waals surface area contributed by atoms with Gasteiger partial charge in [-0.3, -0.25) is 9.69 Å². The number of aryl methyl sites for hydroxylation is 1. The summed E-state index contributed by atoms with van der Waals surface area (Å²) in [6.07, 6.45) is 12.0. The van der Waals surface area contributed by atoms with Gasteiger partial charge in [0, 0.05) is 50.4 Å². The summed E-state index contributed by atoms with van der Waals surface area (Å²) in [5.74, 6) is 1.51. The lowest BCUT2D eigenvalue weighted by molar-refractivity contribution is -0.123. The minimum absolute atomic E-state index is 0.247. The highest BCUT2D eigenvalue weighted by Gasteiger charge is 2.32. The van der Waals surface area contributed by atoms with Gasteiger partial charge in [-0.25, -0.2) is 0 Å². The van der Waals surface area contributed by atoms with Gasteiger partial charge < -0.3 is 10.2 Å². The van der Waals surface area contributed by atoms with Crippen LogP contribution in [0.1, 0.15) is 76.3 Å². The fraction of sp³-hybridized carbons (Fsp3) is 0.741. The van der Waals surface area contributed by atoms with Crippen LogP contribution in [-0.4, -0.2) is 49.6 Å². The van der Waals surface area contributed by atoms with Crippen molar-refractivity contribution in [3.05, 3.63) is 29.3 Å². The van der Waals surface area contributed by atoms with E-state index in [1.54, 1.807) is 0 Å². The first kappa shape index (κ1) is 22.8. The Morgan fingerprint density at radius 3 is 2.65 bits per heavy atom. The van der Waals surface area contributed by atoms with Crippen LogP contribution in [-0.2, 0) is 17.6 Å². The molecule has 4 heteroatoms. The van der Waals surface area contributed by atoms with Gasteiger partial charge in [-0.05, 0) is 75.0 Å². The van der Waals surface area contributed by atoms with Crippen LogP contribution in [0, 0.1) is 11.8 Å². The van der Waals surface area contributed by atoms with E-state index in [1.807, 2.05) is 0 Å². The summed E-state index contributed by atoms with van der Waals surface area (Å²) in [5, 5.41) is 3.45. The summed E-state index contributed by atoms with van der Waals surface area (Å²) in [6, 6.07) is 7.50. The number of anilines is 1. The Hall–Kier alpha value is -1.39. The van der Waals surface area contributed by atoms with Gasteiger partial charge in [0.15, 0.2) is 0 Å². The molecule has 0 bridgehead atoms. The molecule has 0 aromatic heterocycles. The Morgan fingerprint density at radius 1 is 1.13 bits per heavy atom. The molecule has 172 valence electrons. The van der Waals surface area contributed by atoms with Crippen LogP contribution < -0.4 is 10.2 Å². The number of piperazine rings is 1. The molecule has 2 heterocycles. The van der Waals surface area contributed by atoms with E-state index in [9.17, 15) is 4.79 Å². The largest absolute Gasteiger partial charge is 0.314 e. The van der Waals surface area contributed by atoms with E-state index in [-0.39, 0.29) is 5.92 Å². The smallest absolute Gasteiger partial charge is 0.230 e. The molecule has 1 unspecified atom stereocenters. The second-order valence-corrected chi connectivity index (χ2v) is 10.3. The van der Waals surface area contributed by atoms with Gasteiger partial charge in [0.05, 0.1) is 0 Å². The highest BCUT2D eigenvalue weighted by Crippen LogP contribution is 2.36. The molecule has 4 nitrogen and oxygen atoms in total. The number of unbranched alkanes of at least 4 members (excludes halogenated alkanes) is 1. The van der Waals surface area contributed by atoms with Crippen molar-refractivity contribution in [2.24, 2.45) is 11.8 Å². The number of hydrogen-bond donors (Lipinski definition) is 1. The maximum Gasteiger partial charge on any atom is 0.230 e. The van der Waals surface area contributed by atoms with Crippen molar-refractivity contribution in [1.29, 1.82) is 0 Å². The van der Waals surface area contributed by atoms with Crippen LogP contribution in [0.2, 0.25) is 0 Å². The summed E-state index contributed by atoms with van der Waals surface area (Å²) < 4.78 is 0. The molecule has 1 aromatic carbocycles. The number of benzene rings is 1. The van der Waals surface area contributed by atoms with Gasteiger partial charge in [0.2, 0.25) is 5.91 Å². The van der Waals surface area contributed by atoms with E-state index in [0.29, 0.717) is 11.9 Å². The van der Waals surface area contributed by atoms with Gasteiger partial charge in [-0.1, -0.05) is 38.3 Å². The van der Waals surface area contributed by atoms with Gasteiger partial charge in [0.25, 0.3) is 0 Å². The van der Waals surface area contributed by atoms with Gasteiger partial charge in [-0.15, -0.1) is 0 Å². The molecule has 1 saturated heterocycles. The molecular weight excluding hydrogens is 382 g/mol. The summed E-state index contributed by atoms with van der Waals surface area (Å²) in [7, 11) is 0. The minimum atomic E-state index is 0.247. The molecule has 1 atom stereocenters. The van der Waals surface area contributed by atoms with Crippen LogP contribution in [0.15, 0.2) is 18.2 Å². The van der Waals surface area contributed by atoms with E-state index in [2.05, 4.69) is 47.2 Å². The van der Waals surface area contributed by atoms with Crippen LogP contribution in [0.25, 0.3) is 0 Å². The van der Waals surface area contributed by atoms with E-state index in [4.69, 9.17) is 0 Å². The topological polar surface area (TPSA) is 35.6 Å². The zero-order chi connectivity index (χ0) is 21.6. The predicted octanol–water partition coefficient (Wildman–Crippen LogP) is 4.80. The quantitative estimate of drug-likeness (QED) is 0.682. The number of fused-ring (bicyclic) bond motifs is 1. The third-order valence-corrected chi connectivity index (χ3v) is 8.00. The lowest BCUT2D eigenvalue weighted by atomic mass is 9.79. The normalized spacial score (nSPS) is 25.8. The van der Waals surface area contributed by atoms with Crippen molar-refractivity contribution < 1.29 is 4.79 Å². The maximum atomic E-state index is 13.4. The first-order valence-electron chi connectivity index (χ1n) is 13.0. The molecule has 2 aliphatic heterocycles. The molecule has 0 spiro atoms. The third-order valence-electron chi connectivity index (χ3n) is 8.00. The standard InChI is InChI=1S/C27H43N3O/c1-3-4-6-22-8-11-24(12-9-22)27(31)30-16-5-7-25-20-23(10-13-26(25)30)19-21(2)29-17-14-28-15-18-29/h10,13,20-22,24,28H,3-9,11-12,14-19H2,1-2H3. The van der Waals surface area contributed by atoms with Crippen LogP contribution >= 0.6 is 0 Å². The summed E-state index contributed by atoms with van der Waals surface area (Å²) in [6.45, 7) is 10.0. The van der Waals surface area contributed by atoms with Crippen LogP contribution in [0.5, 0.6) is 0 Å². The van der Waals surface area contributed by atoms with Crippen LogP contribution in [0.4, 0.5) is 5.69 Å². The van der Waals surface area contributed by atoms with E-state index >= 15 is 0 Å². The molecule has 1 N–H and O–H groups in total. The Bertz CT molecular complexity index is 719. The lowest BCUT2D eigenvalue weighted by Crippen LogP contribution is -2.48. The summed E-state index contributed by atoms with van der Waals surface area (Å²) in [4.78, 5) is 18.2. The third kappa shape index (κ3) is 5.70. The van der Waals surface area contributed by atoms with Crippen molar-refractivity contribution in [2.75, 3.05) is 37.6 Å². The number of nitrogens with one attached hydrogen (secondary N) is 1. The lowest BCUT2D eigenvalue weighted by Gasteiger charge is -2.36. The maximum absolute atomic E-state index is 13.4. The second kappa shape index (κ2) is 11.0. The van der Waals surface area contributed by atoms with Gasteiger partial charge in [0.1, 0.15) is 0 Å². The Morgan fingerprint density at radius 2 is 1.90 bits per heavy atom. The monoisotopic (exact) mass is 425 g/mol. The molecule has 31 heavy (non-hydrogen) atoms. The van der Waals surface area contributed by atoms with Crippen molar-refractivity contribution in [2.45, 2.75) is 84.1 Å².